The van der Waals surface area contributed by atoms with Gasteiger partial charge in [-0.25, -0.2) is 9.18 Å². The van der Waals surface area contributed by atoms with Crippen LogP contribution in [0, 0.1) is 17.7 Å². The predicted molar refractivity (Wildman–Crippen MR) is 89.5 cm³/mol. The number of halogens is 7. The second kappa shape index (κ2) is 7.95. The van der Waals surface area contributed by atoms with Gasteiger partial charge in [0.15, 0.2) is 0 Å². The van der Waals surface area contributed by atoms with Crippen LogP contribution in [0.3, 0.4) is 0 Å². The van der Waals surface area contributed by atoms with E-state index in [1.54, 1.807) is 0 Å². The zero-order valence-electron chi connectivity index (χ0n) is 15.4. The molecule has 0 radical (unpaired) electrons. The van der Waals surface area contributed by atoms with Crippen molar-refractivity contribution in [1.29, 1.82) is 0 Å². The van der Waals surface area contributed by atoms with Crippen LogP contribution in [0.15, 0.2) is 18.2 Å². The minimum absolute atomic E-state index is 0.136. The SMILES string of the molecule is O=C1CN(C(=O)NC(c2ccc(F)c(C(F)(F)F)c2)C2CC(C(F)(F)F)C2)CCN1. The van der Waals surface area contributed by atoms with Crippen LogP contribution in [0.2, 0.25) is 0 Å². The molecule has 5 nitrogen and oxygen atoms in total. The molecule has 1 unspecified atom stereocenters. The largest absolute Gasteiger partial charge is 0.419 e. The third-order valence-electron chi connectivity index (χ3n) is 5.37. The lowest BCUT2D eigenvalue weighted by molar-refractivity contribution is -0.206. The number of hydrogen-bond acceptors (Lipinski definition) is 2. The minimum atomic E-state index is -5.01. The third-order valence-corrected chi connectivity index (χ3v) is 5.37. The standard InChI is InChI=1S/C18H18F7N3O2/c19-13-2-1-9(7-12(13)18(23,24)25)15(10-5-11(6-10)17(20,21)22)27-16(30)28-4-3-26-14(29)8-28/h1-2,7,10-11,15H,3-6,8H2,(H,26,29)(H,27,30). The van der Waals surface area contributed by atoms with Crippen LogP contribution in [0.25, 0.3) is 0 Å². The number of piperazine rings is 1. The Bertz CT molecular complexity index is 819. The van der Waals surface area contributed by atoms with E-state index >= 15 is 0 Å². The first-order valence-electron chi connectivity index (χ1n) is 9.11. The molecule has 0 bridgehead atoms. The number of carbonyl (C=O) groups excluding carboxylic acids is 2. The topological polar surface area (TPSA) is 61.4 Å². The van der Waals surface area contributed by atoms with Crippen LogP contribution in [0.4, 0.5) is 35.5 Å². The molecule has 1 aromatic carbocycles. The molecule has 12 heteroatoms. The maximum absolute atomic E-state index is 13.6. The van der Waals surface area contributed by atoms with E-state index in [1.165, 1.54) is 0 Å². The van der Waals surface area contributed by atoms with Crippen molar-refractivity contribution < 1.29 is 40.3 Å². The Balaban J connectivity index is 1.85. The van der Waals surface area contributed by atoms with Crippen molar-refractivity contribution in [3.05, 3.63) is 35.1 Å². The van der Waals surface area contributed by atoms with Gasteiger partial charge in [0, 0.05) is 13.1 Å². The van der Waals surface area contributed by atoms with Gasteiger partial charge in [0.05, 0.1) is 17.5 Å². The molecule has 1 heterocycles. The van der Waals surface area contributed by atoms with Gasteiger partial charge in [0.1, 0.15) is 12.4 Å². The van der Waals surface area contributed by atoms with Gasteiger partial charge in [0.2, 0.25) is 5.91 Å². The summed E-state index contributed by atoms with van der Waals surface area (Å²) in [5.74, 6) is -4.36. The number of alkyl halides is 6. The Morgan fingerprint density at radius 2 is 1.83 bits per heavy atom. The van der Waals surface area contributed by atoms with Gasteiger partial charge in [-0.15, -0.1) is 0 Å². The van der Waals surface area contributed by atoms with E-state index in [9.17, 15) is 40.3 Å². The summed E-state index contributed by atoms with van der Waals surface area (Å²) in [6.45, 7) is 0.0221. The average molecular weight is 441 g/mol. The number of hydrogen-bond donors (Lipinski definition) is 2. The molecule has 2 aliphatic rings. The summed E-state index contributed by atoms with van der Waals surface area (Å²) in [4.78, 5) is 25.1. The van der Waals surface area contributed by atoms with E-state index in [2.05, 4.69) is 10.6 Å². The highest BCUT2D eigenvalue weighted by Gasteiger charge is 2.50. The fourth-order valence-electron chi connectivity index (χ4n) is 3.66. The summed E-state index contributed by atoms with van der Waals surface area (Å²) in [7, 11) is 0. The van der Waals surface area contributed by atoms with Gasteiger partial charge < -0.3 is 15.5 Å². The van der Waals surface area contributed by atoms with Crippen LogP contribution in [0.5, 0.6) is 0 Å². The lowest BCUT2D eigenvalue weighted by atomic mass is 9.69. The van der Waals surface area contributed by atoms with Gasteiger partial charge in [-0.1, -0.05) is 6.07 Å². The van der Waals surface area contributed by atoms with Gasteiger partial charge >= 0.3 is 18.4 Å². The monoisotopic (exact) mass is 441 g/mol. The molecule has 3 amide bonds. The summed E-state index contributed by atoms with van der Waals surface area (Å²) in [5.41, 5.74) is -1.72. The molecular weight excluding hydrogens is 423 g/mol. The molecule has 1 aromatic rings. The van der Waals surface area contributed by atoms with Crippen molar-refractivity contribution in [2.45, 2.75) is 31.2 Å². The quantitative estimate of drug-likeness (QED) is 0.705. The van der Waals surface area contributed by atoms with Crippen molar-refractivity contribution in [1.82, 2.24) is 15.5 Å². The Hall–Kier alpha value is -2.53. The zero-order chi connectivity index (χ0) is 22.3. The Kier molecular flexibility index (Phi) is 5.87. The van der Waals surface area contributed by atoms with Crippen molar-refractivity contribution in [3.63, 3.8) is 0 Å². The first kappa shape index (κ1) is 22.2. The normalized spacial score (nSPS) is 23.4. The van der Waals surface area contributed by atoms with E-state index < -0.39 is 53.5 Å². The summed E-state index contributed by atoms with van der Waals surface area (Å²) in [5, 5.41) is 4.94. The Morgan fingerprint density at radius 3 is 2.40 bits per heavy atom. The summed E-state index contributed by atoms with van der Waals surface area (Å²) in [6, 6.07) is 0.112. The molecule has 1 atom stereocenters. The third kappa shape index (κ3) is 4.78. The lowest BCUT2D eigenvalue weighted by Crippen LogP contribution is -2.54. The predicted octanol–water partition coefficient (Wildman–Crippen LogP) is 3.62. The fraction of sp³-hybridized carbons (Fsp3) is 0.556. The first-order chi connectivity index (χ1) is 13.9. The Labute approximate surface area is 166 Å². The van der Waals surface area contributed by atoms with E-state index in [-0.39, 0.29) is 38.0 Å². The molecular formula is C18H18F7N3O2. The second-order valence-electron chi connectivity index (χ2n) is 7.41. The molecule has 1 saturated heterocycles. The van der Waals surface area contributed by atoms with Crippen LogP contribution in [-0.2, 0) is 11.0 Å². The highest BCUT2D eigenvalue weighted by Crippen LogP contribution is 2.49. The van der Waals surface area contributed by atoms with Gasteiger partial charge in [-0.3, -0.25) is 4.79 Å². The van der Waals surface area contributed by atoms with Crippen LogP contribution in [-0.4, -0.2) is 42.6 Å². The number of amides is 3. The highest BCUT2D eigenvalue weighted by atomic mass is 19.4. The van der Waals surface area contributed by atoms with E-state index in [0.717, 1.165) is 11.0 Å². The minimum Gasteiger partial charge on any atom is -0.353 e. The van der Waals surface area contributed by atoms with Crippen molar-refractivity contribution in [3.8, 4) is 0 Å². The van der Waals surface area contributed by atoms with Crippen LogP contribution < -0.4 is 10.6 Å². The average Bonchev–Trinajstić information content (AvgIpc) is 2.57. The number of carbonyl (C=O) groups is 2. The van der Waals surface area contributed by atoms with E-state index in [4.69, 9.17) is 0 Å². The molecule has 1 saturated carbocycles. The van der Waals surface area contributed by atoms with Crippen LogP contribution in [0.1, 0.15) is 30.0 Å². The highest BCUT2D eigenvalue weighted by molar-refractivity contribution is 5.85. The second-order valence-corrected chi connectivity index (χ2v) is 7.41. The number of urea groups is 1. The molecule has 30 heavy (non-hydrogen) atoms. The number of benzene rings is 1. The number of rotatable bonds is 3. The lowest BCUT2D eigenvalue weighted by Gasteiger charge is -2.42. The van der Waals surface area contributed by atoms with E-state index in [1.807, 2.05) is 0 Å². The summed E-state index contributed by atoms with van der Waals surface area (Å²) >= 11 is 0. The van der Waals surface area contributed by atoms with Gasteiger partial charge in [0.25, 0.3) is 0 Å². The smallest absolute Gasteiger partial charge is 0.353 e. The maximum Gasteiger partial charge on any atom is 0.419 e. The first-order valence-corrected chi connectivity index (χ1v) is 9.11. The van der Waals surface area contributed by atoms with Gasteiger partial charge in [-0.05, 0) is 36.5 Å². The molecule has 1 aliphatic carbocycles. The maximum atomic E-state index is 13.6. The molecule has 166 valence electrons. The molecule has 0 aromatic heterocycles. The summed E-state index contributed by atoms with van der Waals surface area (Å²) < 4.78 is 91.5. The molecule has 2 fully saturated rings. The molecule has 0 spiro atoms. The van der Waals surface area contributed by atoms with Crippen LogP contribution >= 0.6 is 0 Å². The molecule has 3 rings (SSSR count). The summed E-state index contributed by atoms with van der Waals surface area (Å²) in [6.07, 6.45) is -10.2. The zero-order valence-corrected chi connectivity index (χ0v) is 15.4. The van der Waals surface area contributed by atoms with E-state index in [0.29, 0.717) is 12.1 Å². The van der Waals surface area contributed by atoms with Gasteiger partial charge in [-0.2, -0.15) is 26.3 Å². The van der Waals surface area contributed by atoms with Crippen molar-refractivity contribution in [2.75, 3.05) is 19.6 Å². The number of nitrogens with one attached hydrogen (secondary N) is 2. The molecule has 2 N–H and O–H groups in total. The fourth-order valence-corrected chi connectivity index (χ4v) is 3.66. The van der Waals surface area contributed by atoms with Crippen molar-refractivity contribution in [2.24, 2.45) is 11.8 Å². The molecule has 1 aliphatic heterocycles. The van der Waals surface area contributed by atoms with Crippen molar-refractivity contribution >= 4 is 11.9 Å². The number of nitrogens with zero attached hydrogens (tertiary/aromatic N) is 1. The Morgan fingerprint density at radius 1 is 1.17 bits per heavy atom.